The lowest BCUT2D eigenvalue weighted by atomic mass is 10.1. The Balaban J connectivity index is 1.61. The van der Waals surface area contributed by atoms with Crippen LogP contribution in [-0.2, 0) is 22.0 Å². The highest BCUT2D eigenvalue weighted by Crippen LogP contribution is 2.19. The van der Waals surface area contributed by atoms with E-state index in [1.54, 1.807) is 13.3 Å². The number of sulfone groups is 1. The molecule has 0 unspecified atom stereocenters. The maximum atomic E-state index is 12.3. The van der Waals surface area contributed by atoms with Gasteiger partial charge in [0, 0.05) is 12.4 Å². The molecular formula is C18H20N2O3S. The summed E-state index contributed by atoms with van der Waals surface area (Å²) in [4.78, 5) is 4.36. The minimum atomic E-state index is -3.19. The van der Waals surface area contributed by atoms with E-state index in [1.165, 1.54) is 0 Å². The molecule has 0 bridgehead atoms. The Morgan fingerprint density at radius 1 is 1.12 bits per heavy atom. The molecule has 0 aliphatic rings. The fourth-order valence-corrected chi connectivity index (χ4v) is 4.06. The fraction of sp³-hybridized carbons (Fsp3) is 0.278. The number of aromatic nitrogens is 2. The van der Waals surface area contributed by atoms with E-state index in [9.17, 15) is 8.42 Å². The molecule has 3 rings (SSSR count). The van der Waals surface area contributed by atoms with E-state index in [1.807, 2.05) is 53.1 Å². The summed E-state index contributed by atoms with van der Waals surface area (Å²) in [6, 6.07) is 13.3. The first-order valence-corrected chi connectivity index (χ1v) is 9.64. The summed E-state index contributed by atoms with van der Waals surface area (Å²) in [5.41, 5.74) is 2.37. The van der Waals surface area contributed by atoms with Gasteiger partial charge in [-0.15, -0.1) is 0 Å². The largest absolute Gasteiger partial charge is 0.496 e. The van der Waals surface area contributed by atoms with Crippen LogP contribution < -0.4 is 4.74 Å². The molecule has 0 N–H and O–H groups in total. The number of ether oxygens (including phenoxy) is 1. The van der Waals surface area contributed by atoms with Gasteiger partial charge in [0.05, 0.1) is 24.3 Å². The van der Waals surface area contributed by atoms with Crippen LogP contribution >= 0.6 is 0 Å². The van der Waals surface area contributed by atoms with Crippen molar-refractivity contribution in [3.63, 3.8) is 0 Å². The van der Waals surface area contributed by atoms with Crippen LogP contribution in [0.5, 0.6) is 5.75 Å². The zero-order valence-electron chi connectivity index (χ0n) is 13.6. The van der Waals surface area contributed by atoms with Gasteiger partial charge in [-0.2, -0.15) is 0 Å². The molecule has 126 valence electrons. The van der Waals surface area contributed by atoms with Crippen molar-refractivity contribution in [3.8, 4) is 5.75 Å². The zero-order valence-corrected chi connectivity index (χ0v) is 14.4. The number of hydrogen-bond donors (Lipinski definition) is 0. The lowest BCUT2D eigenvalue weighted by Gasteiger charge is -2.08. The number of nitrogens with zero attached hydrogens (tertiary/aromatic N) is 2. The maximum Gasteiger partial charge on any atom is 0.156 e. The molecule has 0 fully saturated rings. The monoisotopic (exact) mass is 344 g/mol. The van der Waals surface area contributed by atoms with Crippen molar-refractivity contribution in [1.82, 2.24) is 9.38 Å². The molecule has 0 radical (unpaired) electrons. The van der Waals surface area contributed by atoms with Gasteiger partial charge in [0.25, 0.3) is 0 Å². The first-order valence-electron chi connectivity index (χ1n) is 7.82. The van der Waals surface area contributed by atoms with E-state index in [0.717, 1.165) is 17.0 Å². The van der Waals surface area contributed by atoms with Crippen molar-refractivity contribution in [2.75, 3.05) is 12.9 Å². The molecule has 0 aliphatic heterocycles. The van der Waals surface area contributed by atoms with Crippen LogP contribution in [0.2, 0.25) is 0 Å². The van der Waals surface area contributed by atoms with Gasteiger partial charge < -0.3 is 9.14 Å². The molecule has 2 heterocycles. The molecule has 24 heavy (non-hydrogen) atoms. The second-order valence-electron chi connectivity index (χ2n) is 5.71. The number of hydrogen-bond acceptors (Lipinski definition) is 4. The Bertz CT molecular complexity index is 899. The number of pyridine rings is 1. The molecule has 5 nitrogen and oxygen atoms in total. The molecule has 1 aromatic carbocycles. The minimum absolute atomic E-state index is 0.0272. The van der Waals surface area contributed by atoms with Gasteiger partial charge >= 0.3 is 0 Å². The highest BCUT2D eigenvalue weighted by Gasteiger charge is 2.15. The molecule has 0 spiro atoms. The van der Waals surface area contributed by atoms with Crippen LogP contribution in [0.15, 0.2) is 54.9 Å². The van der Waals surface area contributed by atoms with Crippen molar-refractivity contribution in [2.24, 2.45) is 0 Å². The summed E-state index contributed by atoms with van der Waals surface area (Å²) >= 11 is 0. The van der Waals surface area contributed by atoms with Gasteiger partial charge in [-0.05, 0) is 36.6 Å². The van der Waals surface area contributed by atoms with Crippen LogP contribution in [0.1, 0.15) is 17.7 Å². The highest BCUT2D eigenvalue weighted by molar-refractivity contribution is 7.90. The lowest BCUT2D eigenvalue weighted by Crippen LogP contribution is -2.10. The van der Waals surface area contributed by atoms with Gasteiger partial charge in [0.1, 0.15) is 11.4 Å². The van der Waals surface area contributed by atoms with Crippen molar-refractivity contribution in [1.29, 1.82) is 0 Å². The molecule has 0 amide bonds. The van der Waals surface area contributed by atoms with Crippen LogP contribution in [-0.4, -0.2) is 30.7 Å². The standard InChI is InChI=1S/C18H20N2O3S/c1-23-17-9-3-2-7-15(17)8-6-12-24(21,22)14-16-13-20-11-5-4-10-18(20)19-16/h2-5,7,9-11,13H,6,8,12,14H2,1H3. The third-order valence-electron chi connectivity index (χ3n) is 3.88. The first-order chi connectivity index (χ1) is 11.6. The Kier molecular flexibility index (Phi) is 4.85. The predicted octanol–water partition coefficient (Wildman–Crippen LogP) is 2.89. The summed E-state index contributed by atoms with van der Waals surface area (Å²) in [6.07, 6.45) is 4.87. The quantitative estimate of drug-likeness (QED) is 0.661. The van der Waals surface area contributed by atoms with Crippen molar-refractivity contribution in [3.05, 3.63) is 66.1 Å². The van der Waals surface area contributed by atoms with E-state index in [2.05, 4.69) is 4.98 Å². The number of fused-ring (bicyclic) bond motifs is 1. The number of benzene rings is 1. The van der Waals surface area contributed by atoms with Crippen LogP contribution in [0.25, 0.3) is 5.65 Å². The summed E-state index contributed by atoms with van der Waals surface area (Å²) in [7, 11) is -1.56. The third-order valence-corrected chi connectivity index (χ3v) is 5.52. The van der Waals surface area contributed by atoms with Gasteiger partial charge in [-0.1, -0.05) is 24.3 Å². The van der Waals surface area contributed by atoms with Crippen LogP contribution in [0.3, 0.4) is 0 Å². The van der Waals surface area contributed by atoms with Crippen molar-refractivity contribution >= 4 is 15.5 Å². The minimum Gasteiger partial charge on any atom is -0.496 e. The molecular weight excluding hydrogens is 324 g/mol. The van der Waals surface area contributed by atoms with Crippen LogP contribution in [0.4, 0.5) is 0 Å². The lowest BCUT2D eigenvalue weighted by molar-refractivity contribution is 0.409. The number of rotatable bonds is 7. The molecule has 0 aliphatic carbocycles. The molecule has 0 saturated carbocycles. The average Bonchev–Trinajstić information content (AvgIpc) is 2.96. The SMILES string of the molecule is COc1ccccc1CCCS(=O)(=O)Cc1cn2ccccc2n1. The van der Waals surface area contributed by atoms with E-state index < -0.39 is 9.84 Å². The van der Waals surface area contributed by atoms with Gasteiger partial charge in [0.2, 0.25) is 0 Å². The molecule has 0 saturated heterocycles. The fourth-order valence-electron chi connectivity index (χ4n) is 2.75. The Morgan fingerprint density at radius 2 is 1.92 bits per heavy atom. The van der Waals surface area contributed by atoms with Crippen LogP contribution in [0, 0.1) is 0 Å². The zero-order chi connectivity index (χ0) is 17.0. The topological polar surface area (TPSA) is 60.7 Å². The van der Waals surface area contributed by atoms with E-state index in [4.69, 9.17) is 4.74 Å². The number of aryl methyl sites for hydroxylation is 1. The molecule has 3 aromatic rings. The molecule has 6 heteroatoms. The first kappa shape index (κ1) is 16.5. The Hall–Kier alpha value is -2.34. The van der Waals surface area contributed by atoms with E-state index in [0.29, 0.717) is 18.5 Å². The number of para-hydroxylation sites is 1. The second-order valence-corrected chi connectivity index (χ2v) is 7.89. The van der Waals surface area contributed by atoms with Gasteiger partial charge in [-0.3, -0.25) is 0 Å². The average molecular weight is 344 g/mol. The van der Waals surface area contributed by atoms with Crippen molar-refractivity contribution in [2.45, 2.75) is 18.6 Å². The summed E-state index contributed by atoms with van der Waals surface area (Å²) in [6.45, 7) is 0. The summed E-state index contributed by atoms with van der Waals surface area (Å²) < 4.78 is 31.8. The number of imidazole rings is 1. The molecule has 0 atom stereocenters. The van der Waals surface area contributed by atoms with E-state index in [-0.39, 0.29) is 11.5 Å². The smallest absolute Gasteiger partial charge is 0.156 e. The normalized spacial score (nSPS) is 11.7. The van der Waals surface area contributed by atoms with Gasteiger partial charge in [0.15, 0.2) is 9.84 Å². The summed E-state index contributed by atoms with van der Waals surface area (Å²) in [5.74, 6) is 0.912. The maximum absolute atomic E-state index is 12.3. The predicted molar refractivity (Wildman–Crippen MR) is 94.0 cm³/mol. The molecule has 2 aromatic heterocycles. The highest BCUT2D eigenvalue weighted by atomic mass is 32.2. The number of methoxy groups -OCH3 is 1. The summed E-state index contributed by atoms with van der Waals surface area (Å²) in [5, 5.41) is 0. The Morgan fingerprint density at radius 3 is 2.71 bits per heavy atom. The second kappa shape index (κ2) is 7.05. The Labute approximate surface area is 141 Å². The third kappa shape index (κ3) is 3.94. The van der Waals surface area contributed by atoms with Gasteiger partial charge in [-0.25, -0.2) is 13.4 Å². The van der Waals surface area contributed by atoms with Crippen molar-refractivity contribution < 1.29 is 13.2 Å². The van der Waals surface area contributed by atoms with E-state index >= 15 is 0 Å².